The maximum absolute atomic E-state index is 13.5. The SMILES string of the molecule is CC(C)CN(CC(=O)c1c(F)cccc1F)C(C)C. The van der Waals surface area contributed by atoms with Crippen molar-refractivity contribution in [2.24, 2.45) is 5.92 Å². The molecule has 0 saturated carbocycles. The summed E-state index contributed by atoms with van der Waals surface area (Å²) < 4.78 is 27.1. The van der Waals surface area contributed by atoms with Crippen molar-refractivity contribution in [3.8, 4) is 0 Å². The predicted octanol–water partition coefficient (Wildman–Crippen LogP) is 3.51. The molecule has 0 unspecified atom stereocenters. The highest BCUT2D eigenvalue weighted by Gasteiger charge is 2.21. The van der Waals surface area contributed by atoms with E-state index in [9.17, 15) is 13.6 Å². The van der Waals surface area contributed by atoms with Crippen LogP contribution in [-0.2, 0) is 0 Å². The molecule has 0 heterocycles. The monoisotopic (exact) mass is 269 g/mol. The number of Topliss-reactive ketones (excluding diaryl/α,β-unsaturated/α-hetero) is 1. The number of hydrogen-bond donors (Lipinski definition) is 0. The van der Waals surface area contributed by atoms with Gasteiger partial charge in [0.2, 0.25) is 0 Å². The minimum Gasteiger partial charge on any atom is -0.293 e. The van der Waals surface area contributed by atoms with Crippen molar-refractivity contribution in [2.45, 2.75) is 33.7 Å². The van der Waals surface area contributed by atoms with Gasteiger partial charge in [-0.15, -0.1) is 0 Å². The number of nitrogens with zero attached hydrogens (tertiary/aromatic N) is 1. The smallest absolute Gasteiger partial charge is 0.182 e. The molecule has 4 heteroatoms. The molecule has 0 atom stereocenters. The summed E-state index contributed by atoms with van der Waals surface area (Å²) in [5.41, 5.74) is -0.433. The van der Waals surface area contributed by atoms with Crippen LogP contribution in [0.2, 0.25) is 0 Å². The van der Waals surface area contributed by atoms with Gasteiger partial charge >= 0.3 is 0 Å². The largest absolute Gasteiger partial charge is 0.293 e. The van der Waals surface area contributed by atoms with Crippen LogP contribution in [0.25, 0.3) is 0 Å². The standard InChI is InChI=1S/C15H21F2NO/c1-10(2)8-18(11(3)4)9-14(19)15-12(16)6-5-7-13(15)17/h5-7,10-11H,8-9H2,1-4H3. The van der Waals surface area contributed by atoms with Gasteiger partial charge < -0.3 is 0 Å². The van der Waals surface area contributed by atoms with E-state index in [4.69, 9.17) is 0 Å². The molecule has 1 rings (SSSR count). The molecule has 0 radical (unpaired) electrons. The van der Waals surface area contributed by atoms with Crippen LogP contribution in [-0.4, -0.2) is 29.8 Å². The van der Waals surface area contributed by atoms with Crippen LogP contribution in [0.15, 0.2) is 18.2 Å². The fourth-order valence-corrected chi connectivity index (χ4v) is 1.95. The lowest BCUT2D eigenvalue weighted by Gasteiger charge is -2.27. The normalized spacial score (nSPS) is 11.6. The van der Waals surface area contributed by atoms with E-state index in [0.29, 0.717) is 5.92 Å². The number of hydrogen-bond acceptors (Lipinski definition) is 2. The maximum Gasteiger partial charge on any atom is 0.182 e. The van der Waals surface area contributed by atoms with Crippen molar-refractivity contribution in [2.75, 3.05) is 13.1 Å². The van der Waals surface area contributed by atoms with Crippen molar-refractivity contribution < 1.29 is 13.6 Å². The van der Waals surface area contributed by atoms with Crippen molar-refractivity contribution in [1.29, 1.82) is 0 Å². The Hall–Kier alpha value is -1.29. The molecule has 0 spiro atoms. The molecule has 19 heavy (non-hydrogen) atoms. The molecule has 0 amide bonds. The van der Waals surface area contributed by atoms with Crippen molar-refractivity contribution in [3.05, 3.63) is 35.4 Å². The van der Waals surface area contributed by atoms with Gasteiger partial charge in [0, 0.05) is 12.6 Å². The summed E-state index contributed by atoms with van der Waals surface area (Å²) in [4.78, 5) is 14.0. The zero-order chi connectivity index (χ0) is 14.6. The summed E-state index contributed by atoms with van der Waals surface area (Å²) in [6.07, 6.45) is 0. The van der Waals surface area contributed by atoms with Gasteiger partial charge in [0.25, 0.3) is 0 Å². The molecule has 1 aromatic carbocycles. The van der Waals surface area contributed by atoms with Crippen LogP contribution < -0.4 is 0 Å². The third-order valence-corrected chi connectivity index (χ3v) is 2.92. The Morgan fingerprint density at radius 3 is 2.11 bits per heavy atom. The van der Waals surface area contributed by atoms with E-state index in [0.717, 1.165) is 18.7 Å². The summed E-state index contributed by atoms with van der Waals surface area (Å²) in [7, 11) is 0. The van der Waals surface area contributed by atoms with Gasteiger partial charge in [-0.05, 0) is 31.9 Å². The highest BCUT2D eigenvalue weighted by Crippen LogP contribution is 2.14. The quantitative estimate of drug-likeness (QED) is 0.736. The zero-order valence-electron chi connectivity index (χ0n) is 11.9. The van der Waals surface area contributed by atoms with E-state index in [1.165, 1.54) is 6.07 Å². The molecule has 0 aliphatic carbocycles. The molecule has 0 aliphatic rings. The van der Waals surface area contributed by atoms with Crippen LogP contribution in [0.5, 0.6) is 0 Å². The minimum absolute atomic E-state index is 0.0354. The number of carbonyl (C=O) groups is 1. The van der Waals surface area contributed by atoms with E-state index in [-0.39, 0.29) is 12.6 Å². The molecular weight excluding hydrogens is 248 g/mol. The second-order valence-electron chi connectivity index (χ2n) is 5.44. The topological polar surface area (TPSA) is 20.3 Å². The first kappa shape index (κ1) is 15.8. The lowest BCUT2D eigenvalue weighted by atomic mass is 10.1. The third-order valence-electron chi connectivity index (χ3n) is 2.92. The Morgan fingerprint density at radius 1 is 1.16 bits per heavy atom. The lowest BCUT2D eigenvalue weighted by molar-refractivity contribution is 0.0884. The summed E-state index contributed by atoms with van der Waals surface area (Å²) in [5.74, 6) is -1.71. The highest BCUT2D eigenvalue weighted by atomic mass is 19.1. The first-order valence-corrected chi connectivity index (χ1v) is 6.54. The summed E-state index contributed by atoms with van der Waals surface area (Å²) in [6.45, 7) is 8.78. The molecule has 0 bridgehead atoms. The molecule has 0 saturated heterocycles. The molecule has 0 aliphatic heterocycles. The number of ketones is 1. The third kappa shape index (κ3) is 4.39. The van der Waals surface area contributed by atoms with Crippen molar-refractivity contribution in [1.82, 2.24) is 4.90 Å². The van der Waals surface area contributed by atoms with Gasteiger partial charge in [-0.3, -0.25) is 9.69 Å². The van der Waals surface area contributed by atoms with E-state index >= 15 is 0 Å². The van der Waals surface area contributed by atoms with Gasteiger partial charge in [-0.2, -0.15) is 0 Å². The number of benzene rings is 1. The first-order chi connectivity index (χ1) is 8.82. The number of halogens is 2. The van der Waals surface area contributed by atoms with Gasteiger partial charge in [0.1, 0.15) is 11.6 Å². The fourth-order valence-electron chi connectivity index (χ4n) is 1.95. The molecule has 0 fully saturated rings. The number of rotatable bonds is 6. The molecule has 1 aromatic rings. The molecule has 0 aromatic heterocycles. The molecule has 2 nitrogen and oxygen atoms in total. The second kappa shape index (κ2) is 6.75. The van der Waals surface area contributed by atoms with Crippen LogP contribution in [0, 0.1) is 17.6 Å². The highest BCUT2D eigenvalue weighted by molar-refractivity contribution is 5.98. The summed E-state index contributed by atoms with van der Waals surface area (Å²) in [5, 5.41) is 0. The Morgan fingerprint density at radius 2 is 1.68 bits per heavy atom. The Kier molecular flexibility index (Phi) is 5.60. The van der Waals surface area contributed by atoms with Crippen molar-refractivity contribution >= 4 is 5.78 Å². The molecule has 106 valence electrons. The minimum atomic E-state index is -0.793. The van der Waals surface area contributed by atoms with Gasteiger partial charge in [-0.25, -0.2) is 8.78 Å². The van der Waals surface area contributed by atoms with E-state index in [1.54, 1.807) is 0 Å². The summed E-state index contributed by atoms with van der Waals surface area (Å²) >= 11 is 0. The van der Waals surface area contributed by atoms with Gasteiger partial charge in [-0.1, -0.05) is 19.9 Å². The predicted molar refractivity (Wildman–Crippen MR) is 72.2 cm³/mol. The van der Waals surface area contributed by atoms with E-state index in [1.807, 2.05) is 32.6 Å². The van der Waals surface area contributed by atoms with Crippen LogP contribution >= 0.6 is 0 Å². The van der Waals surface area contributed by atoms with Crippen molar-refractivity contribution in [3.63, 3.8) is 0 Å². The Labute approximate surface area is 113 Å². The second-order valence-corrected chi connectivity index (χ2v) is 5.44. The van der Waals surface area contributed by atoms with Crippen LogP contribution in [0.1, 0.15) is 38.1 Å². The average molecular weight is 269 g/mol. The van der Waals surface area contributed by atoms with E-state index in [2.05, 4.69) is 0 Å². The molecular formula is C15H21F2NO. The number of carbonyl (C=O) groups excluding carboxylic acids is 1. The fraction of sp³-hybridized carbons (Fsp3) is 0.533. The Balaban J connectivity index is 2.88. The van der Waals surface area contributed by atoms with Crippen LogP contribution in [0.3, 0.4) is 0 Å². The average Bonchev–Trinajstić information content (AvgIpc) is 2.27. The molecule has 0 N–H and O–H groups in total. The lowest BCUT2D eigenvalue weighted by Crippen LogP contribution is -2.38. The van der Waals surface area contributed by atoms with E-state index < -0.39 is 23.0 Å². The zero-order valence-corrected chi connectivity index (χ0v) is 11.9. The van der Waals surface area contributed by atoms with Crippen LogP contribution in [0.4, 0.5) is 8.78 Å². The maximum atomic E-state index is 13.5. The first-order valence-electron chi connectivity index (χ1n) is 6.54. The van der Waals surface area contributed by atoms with Gasteiger partial charge in [0.05, 0.1) is 12.1 Å². The van der Waals surface area contributed by atoms with Gasteiger partial charge in [0.15, 0.2) is 5.78 Å². The Bertz CT molecular complexity index is 424. The summed E-state index contributed by atoms with van der Waals surface area (Å²) in [6, 6.07) is 3.63.